The maximum absolute atomic E-state index is 14.9. The first-order chi connectivity index (χ1) is 41.9. The maximum atomic E-state index is 14.9. The Labute approximate surface area is 524 Å². The van der Waals surface area contributed by atoms with Crippen molar-refractivity contribution in [1.29, 1.82) is 0 Å². The van der Waals surface area contributed by atoms with Crippen LogP contribution >= 0.6 is 46.8 Å². The maximum Gasteiger partial charge on any atom is 0.491 e. The number of amides is 5. The van der Waals surface area contributed by atoms with Gasteiger partial charge in [0.1, 0.15) is 29.3 Å². The summed E-state index contributed by atoms with van der Waals surface area (Å²) in [7, 11) is -0.436. The lowest BCUT2D eigenvalue weighted by Gasteiger charge is -2.23. The number of nitrogens with zero attached hydrogens (tertiary/aromatic N) is 2. The van der Waals surface area contributed by atoms with E-state index >= 15 is 0 Å². The summed E-state index contributed by atoms with van der Waals surface area (Å²) in [5, 5.41) is 57.0. The van der Waals surface area contributed by atoms with E-state index in [4.69, 9.17) is 29.9 Å². The highest BCUT2D eigenvalue weighted by atomic mass is 33.1. The Morgan fingerprint density at radius 2 is 1.03 bits per heavy atom. The number of aliphatic carboxylic acids is 2. The van der Waals surface area contributed by atoms with Gasteiger partial charge in [-0.15, -0.1) is 0 Å². The van der Waals surface area contributed by atoms with Gasteiger partial charge in [0.2, 0.25) is 11.8 Å². The SMILES string of the molecule is C[C@@H](CCCCNC(=O)CN(CCCC(=O)c1cc2c(cc1F)COB2O)C(=O)c1cc2c(cc1F)COB2O)C(=O)O.N[C@@H](CCCCNC(=O)CN(CCNC(=O)c1cc2c(cc1F)COB2O)C(=O)c1ccccc1F)C(=O)O.SCSSCS. The summed E-state index contributed by atoms with van der Waals surface area (Å²) >= 11 is 7.93. The molecular formula is C55H67B3F4N6O16S4. The third kappa shape index (κ3) is 21.8. The first kappa shape index (κ1) is 72.6. The normalized spacial score (nSPS) is 13.4. The molecule has 5 amide bonds. The van der Waals surface area contributed by atoms with Gasteiger partial charge in [-0.1, -0.05) is 47.1 Å². The Hall–Kier alpha value is -6.13. The predicted octanol–water partition coefficient (Wildman–Crippen LogP) is 2.41. The minimum Gasteiger partial charge on any atom is -0.481 e. The van der Waals surface area contributed by atoms with Crippen molar-refractivity contribution in [2.75, 3.05) is 56.0 Å². The quantitative estimate of drug-likeness (QED) is 0.00679. The molecule has 88 heavy (non-hydrogen) atoms. The molecule has 22 nitrogen and oxygen atoms in total. The molecule has 0 aliphatic carbocycles. The third-order valence-electron chi connectivity index (χ3n) is 13.9. The standard InChI is InChI=1S/C28H32B2F2N2O9.C25H29BF2N4O7.C2H6S4/c1-16(28(38)39)5-2-3-7-33-26(36)13-34(27(37)20-12-22-18(10-24(20)32)15-43-30(22)41)8-4-6-25(35)19-11-21-17(9-23(19)31)14-42-29(21)40;27-19-6-2-1-5-16(19)24(35)32(13-22(33)30-8-4-3-7-21(29)25(36)37)10-9-31-23(34)17-12-18-15(11-20(17)28)14-39-26(18)38;3-1-5-6-2-4/h9-12,16,40-41H,2-8,13-15H2,1H3,(H,33,36)(H,38,39);1-2,5-6,11-12,21,38H,3-4,7-10,13-14,29H2,(H,30,33)(H,31,34)(H,36,37);3-4H,1-2H2/t16-;21-;/m00./s1. The van der Waals surface area contributed by atoms with Crippen LogP contribution in [0.3, 0.4) is 0 Å². The zero-order chi connectivity index (χ0) is 64.6. The van der Waals surface area contributed by atoms with Gasteiger partial charge in [-0.25, -0.2) is 17.6 Å². The molecule has 0 radical (unpaired) electrons. The second kappa shape index (κ2) is 36.5. The minimum atomic E-state index is -1.33. The highest BCUT2D eigenvalue weighted by Gasteiger charge is 2.34. The molecule has 0 fully saturated rings. The number of nitrogens with two attached hydrogens (primary N) is 1. The van der Waals surface area contributed by atoms with Crippen LogP contribution in [0.1, 0.15) is 116 Å². The molecule has 4 aromatic rings. The number of carbonyl (C=O) groups excluding carboxylic acids is 6. The fourth-order valence-electron chi connectivity index (χ4n) is 9.03. The molecule has 3 heterocycles. The molecule has 33 heteroatoms. The number of ketones is 1. The van der Waals surface area contributed by atoms with Crippen molar-refractivity contribution >= 4 is 132 Å². The number of thiol groups is 2. The average Bonchev–Trinajstić information content (AvgIpc) is 2.09. The summed E-state index contributed by atoms with van der Waals surface area (Å²) < 4.78 is 73.4. The van der Waals surface area contributed by atoms with Gasteiger partial charge in [-0.2, -0.15) is 25.3 Å². The lowest BCUT2D eigenvalue weighted by Crippen LogP contribution is -2.45. The molecule has 0 bridgehead atoms. The number of Topliss-reactive ketones (excluding diaryl/α,β-unsaturated/α-hetero) is 1. The predicted molar refractivity (Wildman–Crippen MR) is 330 cm³/mol. The number of hydrogen-bond acceptors (Lipinski definition) is 19. The summed E-state index contributed by atoms with van der Waals surface area (Å²) in [5.41, 5.74) is 6.28. The zero-order valence-corrected chi connectivity index (χ0v) is 51.1. The van der Waals surface area contributed by atoms with Crippen LogP contribution in [0.2, 0.25) is 0 Å². The summed E-state index contributed by atoms with van der Waals surface area (Å²) in [6.45, 7) is 0.588. The second-order valence-corrected chi connectivity index (χ2v) is 24.1. The van der Waals surface area contributed by atoms with Gasteiger partial charge >= 0.3 is 33.3 Å². The molecule has 3 aliphatic rings. The largest absolute Gasteiger partial charge is 0.491 e. The van der Waals surface area contributed by atoms with Crippen LogP contribution in [-0.2, 0) is 53.0 Å². The Kier molecular flexibility index (Phi) is 30.1. The summed E-state index contributed by atoms with van der Waals surface area (Å²) in [6.07, 6.45) is 2.46. The minimum absolute atomic E-state index is 0.0127. The average molecular weight is 1300 g/mol. The number of nitrogens with one attached hydrogen (secondary N) is 3. The lowest BCUT2D eigenvalue weighted by molar-refractivity contribution is -0.141. The Morgan fingerprint density at radius 3 is 1.53 bits per heavy atom. The highest BCUT2D eigenvalue weighted by molar-refractivity contribution is 8.78. The first-order valence-corrected chi connectivity index (χ1v) is 31.4. The van der Waals surface area contributed by atoms with E-state index in [-0.39, 0.29) is 105 Å². The van der Waals surface area contributed by atoms with Crippen LogP contribution in [0, 0.1) is 29.2 Å². The topological polar surface area (TPSA) is 334 Å². The smallest absolute Gasteiger partial charge is 0.481 e. The van der Waals surface area contributed by atoms with E-state index < -0.39 is 117 Å². The van der Waals surface area contributed by atoms with Crippen molar-refractivity contribution in [3.63, 3.8) is 0 Å². The number of rotatable bonds is 30. The van der Waals surface area contributed by atoms with Crippen molar-refractivity contribution in [1.82, 2.24) is 25.8 Å². The molecule has 3 aliphatic heterocycles. The molecule has 474 valence electrons. The Bertz CT molecular complexity index is 3130. The van der Waals surface area contributed by atoms with Gasteiger partial charge in [0.25, 0.3) is 17.7 Å². The van der Waals surface area contributed by atoms with Gasteiger partial charge in [-0.3, -0.25) is 38.4 Å². The Morgan fingerprint density at radius 1 is 0.580 bits per heavy atom. The first-order valence-electron chi connectivity index (χ1n) is 27.7. The van der Waals surface area contributed by atoms with Crippen molar-refractivity contribution < 1.29 is 95.2 Å². The number of carbonyl (C=O) groups is 8. The van der Waals surface area contributed by atoms with E-state index in [9.17, 15) is 71.0 Å². The van der Waals surface area contributed by atoms with Crippen LogP contribution in [0.5, 0.6) is 0 Å². The van der Waals surface area contributed by atoms with E-state index in [1.54, 1.807) is 28.5 Å². The van der Waals surface area contributed by atoms with Gasteiger partial charge in [-0.05, 0) is 120 Å². The van der Waals surface area contributed by atoms with Crippen molar-refractivity contribution in [3.05, 3.63) is 123 Å². The van der Waals surface area contributed by atoms with E-state index in [1.165, 1.54) is 36.4 Å². The van der Waals surface area contributed by atoms with E-state index in [2.05, 4.69) is 41.2 Å². The van der Waals surface area contributed by atoms with Gasteiger partial charge in [0.15, 0.2) is 5.78 Å². The van der Waals surface area contributed by atoms with E-state index in [1.807, 2.05) is 0 Å². The van der Waals surface area contributed by atoms with Gasteiger partial charge in [0.05, 0.1) is 61.1 Å². The summed E-state index contributed by atoms with van der Waals surface area (Å²) in [4.78, 5) is 101. The molecular weight excluding hydrogens is 1240 g/mol. The number of unbranched alkanes of at least 4 members (excludes halogenated alkanes) is 2. The van der Waals surface area contributed by atoms with Crippen molar-refractivity contribution in [2.24, 2.45) is 11.7 Å². The van der Waals surface area contributed by atoms with Crippen LogP contribution in [0.15, 0.2) is 60.7 Å². The van der Waals surface area contributed by atoms with Crippen LogP contribution in [0.4, 0.5) is 17.6 Å². The molecule has 4 aromatic carbocycles. The molecule has 0 saturated heterocycles. The lowest BCUT2D eigenvalue weighted by atomic mass is 9.78. The molecule has 0 saturated carbocycles. The third-order valence-corrected chi connectivity index (χ3v) is 17.3. The second-order valence-electron chi connectivity index (χ2n) is 20.2. The highest BCUT2D eigenvalue weighted by Crippen LogP contribution is 2.23. The number of benzene rings is 4. The Balaban J connectivity index is 0.000000294. The fourth-order valence-corrected chi connectivity index (χ4v) is 11.0. The number of halogens is 4. The van der Waals surface area contributed by atoms with Crippen molar-refractivity contribution in [3.8, 4) is 0 Å². The molecule has 0 spiro atoms. The molecule has 0 unspecified atom stereocenters. The number of hydrogen-bond donors (Lipinski definition) is 11. The summed E-state index contributed by atoms with van der Waals surface area (Å²) in [6, 6.07) is 11.2. The van der Waals surface area contributed by atoms with Crippen LogP contribution in [0.25, 0.3) is 0 Å². The van der Waals surface area contributed by atoms with E-state index in [0.717, 1.165) is 44.2 Å². The molecule has 10 N–H and O–H groups in total. The number of fused-ring (bicyclic) bond motifs is 3. The van der Waals surface area contributed by atoms with E-state index in [0.29, 0.717) is 54.3 Å². The van der Waals surface area contributed by atoms with Crippen LogP contribution < -0.4 is 38.1 Å². The fraction of sp³-hybridized carbons (Fsp3) is 0.418. The van der Waals surface area contributed by atoms with Crippen molar-refractivity contribution in [2.45, 2.75) is 84.2 Å². The molecule has 2 atom stereocenters. The van der Waals surface area contributed by atoms with Crippen LogP contribution in [-0.4, -0.2) is 166 Å². The van der Waals surface area contributed by atoms with Gasteiger partial charge in [0, 0.05) is 49.3 Å². The molecule has 0 aromatic heterocycles. The monoisotopic (exact) mass is 1300 g/mol. The number of carboxylic acid groups (broad SMARTS) is 2. The molecule has 7 rings (SSSR count). The zero-order valence-electron chi connectivity index (χ0n) is 47.7. The number of carboxylic acids is 2. The summed E-state index contributed by atoms with van der Waals surface area (Å²) in [5.74, 6) is -9.88. The van der Waals surface area contributed by atoms with Gasteiger partial charge < -0.3 is 70.7 Å².